The highest BCUT2D eigenvalue weighted by Crippen LogP contribution is 2.21. The SMILES string of the molecule is CCOc1ccc(-c2noc(CCc3ccc4c(n3)NCCC4)n2)cn1. The van der Waals surface area contributed by atoms with Crippen LogP contribution in [0, 0.1) is 0 Å². The van der Waals surface area contributed by atoms with Crippen molar-refractivity contribution in [3.8, 4) is 17.3 Å². The monoisotopic (exact) mass is 351 g/mol. The molecule has 0 saturated carbocycles. The van der Waals surface area contributed by atoms with Gasteiger partial charge in [0, 0.05) is 36.5 Å². The standard InChI is InChI=1S/C19H21N5O2/c1-2-25-16-9-6-14(12-21-16)19-23-17(26-24-19)10-8-15-7-5-13-4-3-11-20-18(13)22-15/h5-7,9,12H,2-4,8,10-11H2,1H3,(H,20,22). The second-order valence-electron chi connectivity index (χ2n) is 6.17. The largest absolute Gasteiger partial charge is 0.478 e. The van der Waals surface area contributed by atoms with Crippen molar-refractivity contribution >= 4 is 5.82 Å². The summed E-state index contributed by atoms with van der Waals surface area (Å²) in [5, 5.41) is 7.41. The second-order valence-corrected chi connectivity index (χ2v) is 6.17. The van der Waals surface area contributed by atoms with Crippen molar-refractivity contribution in [2.75, 3.05) is 18.5 Å². The lowest BCUT2D eigenvalue weighted by molar-refractivity contribution is 0.327. The Morgan fingerprint density at radius 2 is 2.12 bits per heavy atom. The Morgan fingerprint density at radius 3 is 2.96 bits per heavy atom. The smallest absolute Gasteiger partial charge is 0.227 e. The van der Waals surface area contributed by atoms with E-state index in [0.717, 1.165) is 36.5 Å². The van der Waals surface area contributed by atoms with Crippen LogP contribution in [0.1, 0.15) is 30.5 Å². The number of aryl methyl sites for hydroxylation is 3. The third kappa shape index (κ3) is 3.66. The fourth-order valence-electron chi connectivity index (χ4n) is 2.96. The van der Waals surface area contributed by atoms with Gasteiger partial charge in [0.2, 0.25) is 17.6 Å². The summed E-state index contributed by atoms with van der Waals surface area (Å²) in [7, 11) is 0. The molecule has 7 nitrogen and oxygen atoms in total. The van der Waals surface area contributed by atoms with Crippen LogP contribution in [0.2, 0.25) is 0 Å². The van der Waals surface area contributed by atoms with Crippen molar-refractivity contribution < 1.29 is 9.26 Å². The predicted octanol–water partition coefficient (Wildman–Crippen LogP) is 3.07. The number of hydrogen-bond acceptors (Lipinski definition) is 7. The zero-order chi connectivity index (χ0) is 17.8. The highest BCUT2D eigenvalue weighted by molar-refractivity contribution is 5.53. The van der Waals surface area contributed by atoms with E-state index in [2.05, 4.69) is 32.6 Å². The average Bonchev–Trinajstić information content (AvgIpc) is 3.16. The molecule has 0 unspecified atom stereocenters. The Hall–Kier alpha value is -2.96. The molecule has 3 aromatic rings. The van der Waals surface area contributed by atoms with Crippen LogP contribution in [0.5, 0.6) is 5.88 Å². The van der Waals surface area contributed by atoms with Gasteiger partial charge in [0.15, 0.2) is 0 Å². The van der Waals surface area contributed by atoms with E-state index in [1.165, 1.54) is 12.0 Å². The van der Waals surface area contributed by atoms with Crippen molar-refractivity contribution in [1.29, 1.82) is 0 Å². The fourth-order valence-corrected chi connectivity index (χ4v) is 2.96. The van der Waals surface area contributed by atoms with Gasteiger partial charge in [0.05, 0.1) is 6.61 Å². The number of aromatic nitrogens is 4. The molecule has 134 valence electrons. The summed E-state index contributed by atoms with van der Waals surface area (Å²) in [5.74, 6) is 2.74. The van der Waals surface area contributed by atoms with Gasteiger partial charge < -0.3 is 14.6 Å². The van der Waals surface area contributed by atoms with Crippen LogP contribution in [0.15, 0.2) is 35.0 Å². The highest BCUT2D eigenvalue weighted by atomic mass is 16.5. The van der Waals surface area contributed by atoms with Gasteiger partial charge in [-0.15, -0.1) is 0 Å². The summed E-state index contributed by atoms with van der Waals surface area (Å²) in [6.45, 7) is 3.51. The molecule has 0 aliphatic carbocycles. The van der Waals surface area contributed by atoms with E-state index >= 15 is 0 Å². The van der Waals surface area contributed by atoms with E-state index in [0.29, 0.717) is 30.6 Å². The maximum absolute atomic E-state index is 5.37. The van der Waals surface area contributed by atoms with Crippen LogP contribution >= 0.6 is 0 Å². The van der Waals surface area contributed by atoms with Crippen molar-refractivity contribution in [1.82, 2.24) is 20.1 Å². The predicted molar refractivity (Wildman–Crippen MR) is 97.2 cm³/mol. The first-order chi connectivity index (χ1) is 12.8. The molecule has 0 spiro atoms. The molecule has 1 aliphatic rings. The molecule has 3 aromatic heterocycles. The van der Waals surface area contributed by atoms with E-state index < -0.39 is 0 Å². The number of nitrogens with zero attached hydrogens (tertiary/aromatic N) is 4. The molecule has 0 bridgehead atoms. The third-order valence-corrected chi connectivity index (χ3v) is 4.30. The number of hydrogen-bond donors (Lipinski definition) is 1. The van der Waals surface area contributed by atoms with E-state index in [1.54, 1.807) is 12.3 Å². The Kier molecular flexibility index (Phi) is 4.77. The minimum atomic E-state index is 0.538. The first-order valence-corrected chi connectivity index (χ1v) is 8.96. The zero-order valence-electron chi connectivity index (χ0n) is 14.7. The molecule has 0 fully saturated rings. The maximum Gasteiger partial charge on any atom is 0.227 e. The summed E-state index contributed by atoms with van der Waals surface area (Å²) in [6, 6.07) is 7.93. The Balaban J connectivity index is 1.40. The molecule has 7 heteroatoms. The average molecular weight is 351 g/mol. The number of fused-ring (bicyclic) bond motifs is 1. The molecule has 4 heterocycles. The minimum Gasteiger partial charge on any atom is -0.478 e. The van der Waals surface area contributed by atoms with Crippen LogP contribution in [0.4, 0.5) is 5.82 Å². The lowest BCUT2D eigenvalue weighted by Gasteiger charge is -2.17. The van der Waals surface area contributed by atoms with E-state index in [-0.39, 0.29) is 0 Å². The van der Waals surface area contributed by atoms with Gasteiger partial charge in [-0.25, -0.2) is 9.97 Å². The number of nitrogens with one attached hydrogen (secondary N) is 1. The van der Waals surface area contributed by atoms with Crippen molar-refractivity contribution in [3.63, 3.8) is 0 Å². The molecule has 4 rings (SSSR count). The van der Waals surface area contributed by atoms with Gasteiger partial charge in [0.25, 0.3) is 0 Å². The molecule has 0 amide bonds. The molecule has 0 aromatic carbocycles. The van der Waals surface area contributed by atoms with Crippen molar-refractivity contribution in [3.05, 3.63) is 47.6 Å². The van der Waals surface area contributed by atoms with E-state index in [9.17, 15) is 0 Å². The summed E-state index contributed by atoms with van der Waals surface area (Å²) >= 11 is 0. The molecule has 26 heavy (non-hydrogen) atoms. The maximum atomic E-state index is 5.37. The quantitative estimate of drug-likeness (QED) is 0.730. The van der Waals surface area contributed by atoms with Crippen LogP contribution < -0.4 is 10.1 Å². The van der Waals surface area contributed by atoms with Crippen LogP contribution in [0.25, 0.3) is 11.4 Å². The van der Waals surface area contributed by atoms with Crippen molar-refractivity contribution in [2.45, 2.75) is 32.6 Å². The summed E-state index contributed by atoms with van der Waals surface area (Å²) in [4.78, 5) is 13.4. The molecule has 1 aliphatic heterocycles. The minimum absolute atomic E-state index is 0.538. The molecule has 0 saturated heterocycles. The van der Waals surface area contributed by atoms with Gasteiger partial charge in [-0.2, -0.15) is 4.98 Å². The Morgan fingerprint density at radius 1 is 1.15 bits per heavy atom. The first-order valence-electron chi connectivity index (χ1n) is 8.96. The first kappa shape index (κ1) is 16.5. The van der Waals surface area contributed by atoms with Gasteiger partial charge in [0.1, 0.15) is 5.82 Å². The number of pyridine rings is 2. The Labute approximate surface area is 151 Å². The van der Waals surface area contributed by atoms with Crippen molar-refractivity contribution in [2.24, 2.45) is 0 Å². The zero-order valence-corrected chi connectivity index (χ0v) is 14.7. The number of ether oxygens (including phenoxy) is 1. The summed E-state index contributed by atoms with van der Waals surface area (Å²) in [6.07, 6.45) is 5.37. The van der Waals surface area contributed by atoms with Gasteiger partial charge >= 0.3 is 0 Å². The second kappa shape index (κ2) is 7.51. The van der Waals surface area contributed by atoms with E-state index in [4.69, 9.17) is 14.2 Å². The van der Waals surface area contributed by atoms with Crippen LogP contribution in [-0.4, -0.2) is 33.3 Å². The summed E-state index contributed by atoms with van der Waals surface area (Å²) in [5.41, 5.74) is 3.13. The van der Waals surface area contributed by atoms with E-state index in [1.807, 2.05) is 13.0 Å². The molecular formula is C19H21N5O2. The van der Waals surface area contributed by atoms with Crippen LogP contribution in [0.3, 0.4) is 0 Å². The molecule has 0 radical (unpaired) electrons. The van der Waals surface area contributed by atoms with Gasteiger partial charge in [-0.1, -0.05) is 11.2 Å². The number of anilines is 1. The Bertz CT molecular complexity index is 876. The topological polar surface area (TPSA) is 86.0 Å². The lowest BCUT2D eigenvalue weighted by atomic mass is 10.1. The normalized spacial score (nSPS) is 13.1. The lowest BCUT2D eigenvalue weighted by Crippen LogP contribution is -2.14. The van der Waals surface area contributed by atoms with Gasteiger partial charge in [-0.05, 0) is 43.9 Å². The molecule has 1 N–H and O–H groups in total. The van der Waals surface area contributed by atoms with Gasteiger partial charge in [-0.3, -0.25) is 0 Å². The highest BCUT2D eigenvalue weighted by Gasteiger charge is 2.12. The number of rotatable bonds is 6. The molecule has 0 atom stereocenters. The summed E-state index contributed by atoms with van der Waals surface area (Å²) < 4.78 is 10.7. The molecular weight excluding hydrogens is 330 g/mol. The van der Waals surface area contributed by atoms with Crippen LogP contribution in [-0.2, 0) is 19.3 Å². The third-order valence-electron chi connectivity index (χ3n) is 4.30. The fraction of sp³-hybridized carbons (Fsp3) is 0.368.